The molecule has 1 aromatic heterocycles. The summed E-state index contributed by atoms with van der Waals surface area (Å²) in [6.45, 7) is 10.1. The summed E-state index contributed by atoms with van der Waals surface area (Å²) >= 11 is 3.48. The molecule has 0 radical (unpaired) electrons. The number of nitrogen functional groups attached to an aromatic ring is 1. The molecule has 1 aromatic carbocycles. The quantitative estimate of drug-likeness (QED) is 0.250. The third-order valence-corrected chi connectivity index (χ3v) is 6.12. The van der Waals surface area contributed by atoms with Gasteiger partial charge in [0.1, 0.15) is 11.6 Å². The van der Waals surface area contributed by atoms with E-state index in [1.807, 2.05) is 24.3 Å². The Bertz CT molecular complexity index is 938. The van der Waals surface area contributed by atoms with E-state index in [-0.39, 0.29) is 5.91 Å². The third kappa shape index (κ3) is 6.10. The molecule has 2 heterocycles. The molecule has 0 aliphatic carbocycles. The number of hydrogen-bond donors (Lipinski definition) is 3. The molecule has 1 amide bonds. The second-order valence-corrected chi connectivity index (χ2v) is 8.57. The van der Waals surface area contributed by atoms with E-state index in [1.165, 1.54) is 0 Å². The predicted molar refractivity (Wildman–Crippen MR) is 134 cm³/mol. The number of hydrogen-bond acceptors (Lipinski definition) is 5. The monoisotopic (exact) mass is 483 g/mol. The van der Waals surface area contributed by atoms with Crippen LogP contribution in [0.5, 0.6) is 0 Å². The average Bonchev–Trinajstić information content (AvgIpc) is 2.77. The van der Waals surface area contributed by atoms with E-state index in [4.69, 9.17) is 5.73 Å². The zero-order valence-corrected chi connectivity index (χ0v) is 19.3. The average molecular weight is 484 g/mol. The highest BCUT2D eigenvalue weighted by atomic mass is 79.9. The fraction of sp³-hybridized carbons (Fsp3) is 0.333. The highest BCUT2D eigenvalue weighted by Gasteiger charge is 2.21. The molecule has 7 heteroatoms. The maximum Gasteiger partial charge on any atom is 0.256 e. The molecule has 3 rings (SSSR count). The summed E-state index contributed by atoms with van der Waals surface area (Å²) in [6, 6.07) is 9.06. The third-order valence-electron chi connectivity index (χ3n) is 5.48. The van der Waals surface area contributed by atoms with Crippen molar-refractivity contribution in [3.8, 4) is 0 Å². The number of anilines is 4. The van der Waals surface area contributed by atoms with Gasteiger partial charge in [0.25, 0.3) is 5.91 Å². The summed E-state index contributed by atoms with van der Waals surface area (Å²) in [5.41, 5.74) is 8.40. The number of allylic oxidation sites excluding steroid dienone is 1. The Morgan fingerprint density at radius 3 is 2.71 bits per heavy atom. The number of aromatic nitrogens is 1. The van der Waals surface area contributed by atoms with Gasteiger partial charge in [-0.15, -0.1) is 13.2 Å². The van der Waals surface area contributed by atoms with Crippen molar-refractivity contribution in [3.63, 3.8) is 0 Å². The van der Waals surface area contributed by atoms with Gasteiger partial charge in [-0.1, -0.05) is 12.2 Å². The Hall–Kier alpha value is -2.80. The molecular weight excluding hydrogens is 454 g/mol. The molecule has 2 aromatic rings. The molecule has 0 atom stereocenters. The second-order valence-electron chi connectivity index (χ2n) is 7.71. The largest absolute Gasteiger partial charge is 0.397 e. The van der Waals surface area contributed by atoms with Gasteiger partial charge in [0.2, 0.25) is 0 Å². The summed E-state index contributed by atoms with van der Waals surface area (Å²) in [5.74, 6) is 1.63. The fourth-order valence-corrected chi connectivity index (χ4v) is 4.08. The molecular formula is C24H30BrN5O. The first-order chi connectivity index (χ1) is 15.0. The Labute approximate surface area is 192 Å². The Morgan fingerprint density at radius 1 is 1.23 bits per heavy atom. The van der Waals surface area contributed by atoms with Crippen LogP contribution in [-0.4, -0.2) is 30.5 Å². The lowest BCUT2D eigenvalue weighted by Gasteiger charge is -2.34. The molecule has 31 heavy (non-hydrogen) atoms. The number of benzene rings is 1. The van der Waals surface area contributed by atoms with Gasteiger partial charge in [0, 0.05) is 25.2 Å². The van der Waals surface area contributed by atoms with Crippen molar-refractivity contribution in [3.05, 3.63) is 65.7 Å². The maximum absolute atomic E-state index is 12.9. The van der Waals surface area contributed by atoms with Crippen LogP contribution < -0.4 is 21.3 Å². The lowest BCUT2D eigenvalue weighted by atomic mass is 9.93. The first-order valence-corrected chi connectivity index (χ1v) is 11.4. The minimum absolute atomic E-state index is 0.213. The smallest absolute Gasteiger partial charge is 0.256 e. The standard InChI is InChI=1S/C24H30BrN5O/c1-3-5-13-27-23-19(25)8-10-22(28-23)29-24(31)18-7-9-20(26)21(16-18)30-14-11-17(6-4-2)12-15-30/h3-4,7-10,16-17H,1-2,5-6,11-15,26H2,(H2,27,28,29,31). The van der Waals surface area contributed by atoms with Crippen LogP contribution in [0.15, 0.2) is 60.1 Å². The minimum atomic E-state index is -0.213. The summed E-state index contributed by atoms with van der Waals surface area (Å²) in [7, 11) is 0. The van der Waals surface area contributed by atoms with Crippen LogP contribution >= 0.6 is 15.9 Å². The number of halogens is 1. The van der Waals surface area contributed by atoms with Crippen molar-refractivity contribution < 1.29 is 4.79 Å². The van der Waals surface area contributed by atoms with Crippen LogP contribution in [0.2, 0.25) is 0 Å². The number of nitrogens with one attached hydrogen (secondary N) is 2. The molecule has 1 fully saturated rings. The van der Waals surface area contributed by atoms with Crippen molar-refractivity contribution in [2.45, 2.75) is 25.7 Å². The van der Waals surface area contributed by atoms with Gasteiger partial charge in [-0.05, 0) is 77.9 Å². The molecule has 0 saturated carbocycles. The summed E-state index contributed by atoms with van der Waals surface area (Å²) in [6.07, 6.45) is 7.92. The van der Waals surface area contributed by atoms with E-state index >= 15 is 0 Å². The minimum Gasteiger partial charge on any atom is -0.397 e. The second kappa shape index (κ2) is 11.0. The maximum atomic E-state index is 12.9. The molecule has 164 valence electrons. The van der Waals surface area contributed by atoms with Gasteiger partial charge in [0.15, 0.2) is 0 Å². The molecule has 1 aliphatic heterocycles. The number of carbonyl (C=O) groups is 1. The zero-order chi connectivity index (χ0) is 22.2. The number of pyridine rings is 1. The van der Waals surface area contributed by atoms with E-state index in [9.17, 15) is 4.79 Å². The van der Waals surface area contributed by atoms with Crippen LogP contribution in [0.25, 0.3) is 0 Å². The number of piperidine rings is 1. The van der Waals surface area contributed by atoms with Gasteiger partial charge in [-0.2, -0.15) is 0 Å². The fourth-order valence-electron chi connectivity index (χ4n) is 3.72. The molecule has 0 spiro atoms. The lowest BCUT2D eigenvalue weighted by molar-refractivity contribution is 0.102. The van der Waals surface area contributed by atoms with Gasteiger partial charge in [-0.3, -0.25) is 4.79 Å². The van der Waals surface area contributed by atoms with Crippen LogP contribution in [-0.2, 0) is 0 Å². The van der Waals surface area contributed by atoms with E-state index in [2.05, 4.69) is 49.6 Å². The molecule has 0 unspecified atom stereocenters. The van der Waals surface area contributed by atoms with Gasteiger partial charge >= 0.3 is 0 Å². The van der Waals surface area contributed by atoms with Gasteiger partial charge in [0.05, 0.1) is 15.8 Å². The van der Waals surface area contributed by atoms with Crippen LogP contribution in [0.3, 0.4) is 0 Å². The first-order valence-electron chi connectivity index (χ1n) is 10.6. The van der Waals surface area contributed by atoms with Crippen molar-refractivity contribution in [1.82, 2.24) is 4.98 Å². The number of rotatable bonds is 9. The van der Waals surface area contributed by atoms with Crippen LogP contribution in [0.1, 0.15) is 36.0 Å². The topological polar surface area (TPSA) is 83.3 Å². The number of amides is 1. The SMILES string of the molecule is C=CCCNc1nc(NC(=O)c2ccc(N)c(N3CCC(CC=C)CC3)c2)ccc1Br. The first kappa shape index (κ1) is 22.9. The van der Waals surface area contributed by atoms with Gasteiger partial charge in [-0.25, -0.2) is 4.98 Å². The summed E-state index contributed by atoms with van der Waals surface area (Å²) in [5, 5.41) is 6.12. The van der Waals surface area contributed by atoms with Crippen LogP contribution in [0.4, 0.5) is 23.0 Å². The molecule has 1 aliphatic rings. The highest BCUT2D eigenvalue weighted by molar-refractivity contribution is 9.10. The normalized spacial score (nSPS) is 14.2. The molecule has 0 bridgehead atoms. The number of carbonyl (C=O) groups excluding carboxylic acids is 1. The van der Waals surface area contributed by atoms with Crippen molar-refractivity contribution in [2.24, 2.45) is 5.92 Å². The Morgan fingerprint density at radius 2 is 2.00 bits per heavy atom. The van der Waals surface area contributed by atoms with E-state index in [0.29, 0.717) is 28.8 Å². The van der Waals surface area contributed by atoms with E-state index in [0.717, 1.165) is 55.5 Å². The molecule has 1 saturated heterocycles. The Kier molecular flexibility index (Phi) is 8.12. The van der Waals surface area contributed by atoms with E-state index < -0.39 is 0 Å². The van der Waals surface area contributed by atoms with Crippen LogP contribution in [0, 0.1) is 5.92 Å². The molecule has 4 N–H and O–H groups in total. The van der Waals surface area contributed by atoms with Crippen molar-refractivity contribution in [1.29, 1.82) is 0 Å². The summed E-state index contributed by atoms with van der Waals surface area (Å²) in [4.78, 5) is 19.7. The lowest BCUT2D eigenvalue weighted by Crippen LogP contribution is -2.34. The summed E-state index contributed by atoms with van der Waals surface area (Å²) < 4.78 is 0.837. The van der Waals surface area contributed by atoms with Crippen molar-refractivity contribution in [2.75, 3.05) is 40.9 Å². The van der Waals surface area contributed by atoms with E-state index in [1.54, 1.807) is 18.2 Å². The highest BCUT2D eigenvalue weighted by Crippen LogP contribution is 2.30. The Balaban J connectivity index is 1.70. The zero-order valence-electron chi connectivity index (χ0n) is 17.7. The molecule has 6 nitrogen and oxygen atoms in total. The number of nitrogens with zero attached hydrogens (tertiary/aromatic N) is 2. The predicted octanol–water partition coefficient (Wildman–Crippen LogP) is 5.46. The van der Waals surface area contributed by atoms with Gasteiger partial charge < -0.3 is 21.3 Å². The number of nitrogens with two attached hydrogens (primary N) is 1. The van der Waals surface area contributed by atoms with Crippen molar-refractivity contribution >= 4 is 44.8 Å².